The number of hydrogen-bond donors (Lipinski definition) is 7. The molecule has 0 saturated carbocycles. The van der Waals surface area contributed by atoms with E-state index in [1.165, 1.54) is 6.08 Å². The van der Waals surface area contributed by atoms with E-state index < -0.39 is 54.7 Å². The van der Waals surface area contributed by atoms with E-state index in [0.29, 0.717) is 6.54 Å². The van der Waals surface area contributed by atoms with Crippen molar-refractivity contribution in [1.29, 1.82) is 0 Å². The molecule has 12 nitrogen and oxygen atoms in total. The minimum absolute atomic E-state index is 0.136. The van der Waals surface area contributed by atoms with Crippen molar-refractivity contribution < 1.29 is 34.4 Å². The summed E-state index contributed by atoms with van der Waals surface area (Å²) in [6, 6.07) is -0.788. The first kappa shape index (κ1) is 31.5. The van der Waals surface area contributed by atoms with Gasteiger partial charge in [0.2, 0.25) is 5.76 Å². The molecule has 0 radical (unpaired) electrons. The summed E-state index contributed by atoms with van der Waals surface area (Å²) in [6.07, 6.45) is 2.62. The lowest BCUT2D eigenvalue weighted by atomic mass is 9.87. The van der Waals surface area contributed by atoms with E-state index in [1.54, 1.807) is 6.92 Å². The van der Waals surface area contributed by atoms with Crippen molar-refractivity contribution >= 4 is 18.0 Å². The van der Waals surface area contributed by atoms with Crippen LogP contribution in [-0.4, -0.2) is 82.9 Å². The summed E-state index contributed by atoms with van der Waals surface area (Å²) < 4.78 is 10.9. The first-order valence-corrected chi connectivity index (χ1v) is 12.5. The van der Waals surface area contributed by atoms with Gasteiger partial charge in [0, 0.05) is 18.0 Å². The summed E-state index contributed by atoms with van der Waals surface area (Å²) in [5, 5.41) is 35.3. The zero-order chi connectivity index (χ0) is 27.3. The number of aliphatic hydroxyl groups is 2. The summed E-state index contributed by atoms with van der Waals surface area (Å²) in [7, 11) is 0. The Morgan fingerprint density at radius 3 is 2.25 bits per heavy atom. The standard InChI is InChI=1S/C24H45N5O7/c1-15-16(29-22(25)26)13-18(21(32)33)35-19(15)20(17(31)14-30)36-23(34)27-11-9-7-5-6-8-10-12-28-24(2,3)4/h13,15-17,19-20,28,30-31H,5-12,14H2,1-4H3,(H,27,34)(H,32,33)(H4,25,26,29)/t15-,16+,17-,19?,20-/m1/s1. The van der Waals surface area contributed by atoms with E-state index in [9.17, 15) is 24.9 Å². The molecular weight excluding hydrogens is 470 g/mol. The average Bonchev–Trinajstić information content (AvgIpc) is 2.78. The smallest absolute Gasteiger partial charge is 0.407 e. The first-order valence-electron chi connectivity index (χ1n) is 12.5. The van der Waals surface area contributed by atoms with Gasteiger partial charge in [-0.15, -0.1) is 0 Å². The molecule has 12 heteroatoms. The van der Waals surface area contributed by atoms with Crippen molar-refractivity contribution in [2.75, 3.05) is 19.7 Å². The van der Waals surface area contributed by atoms with E-state index in [4.69, 9.17) is 20.9 Å². The van der Waals surface area contributed by atoms with Gasteiger partial charge in [-0.1, -0.05) is 32.6 Å². The Morgan fingerprint density at radius 1 is 1.14 bits per heavy atom. The Morgan fingerprint density at radius 2 is 1.72 bits per heavy atom. The minimum atomic E-state index is -1.51. The number of carbonyl (C=O) groups excluding carboxylic acids is 1. The molecule has 0 spiro atoms. The third kappa shape index (κ3) is 11.9. The van der Waals surface area contributed by atoms with Gasteiger partial charge in [0.1, 0.15) is 12.2 Å². The van der Waals surface area contributed by atoms with E-state index in [2.05, 4.69) is 36.4 Å². The summed E-state index contributed by atoms with van der Waals surface area (Å²) >= 11 is 0. The molecule has 0 bridgehead atoms. The highest BCUT2D eigenvalue weighted by Crippen LogP contribution is 2.30. The van der Waals surface area contributed by atoms with Gasteiger partial charge >= 0.3 is 12.1 Å². The number of carboxylic acid groups (broad SMARTS) is 1. The van der Waals surface area contributed by atoms with E-state index in [0.717, 1.165) is 45.1 Å². The zero-order valence-electron chi connectivity index (χ0n) is 21.9. The molecule has 36 heavy (non-hydrogen) atoms. The number of alkyl carbamates (subject to hydrolysis) is 1. The number of aliphatic carboxylic acids is 1. The Labute approximate surface area is 213 Å². The molecule has 1 unspecified atom stereocenters. The Hall–Kier alpha value is -2.57. The lowest BCUT2D eigenvalue weighted by molar-refractivity contribution is -0.147. The van der Waals surface area contributed by atoms with Gasteiger partial charge in [0.15, 0.2) is 12.1 Å². The SMILES string of the molecule is C[C@H]1C([C@H](OC(=O)NCCCCCCCCNC(C)(C)C)[C@H](O)CO)OC(C(=O)O)=C[C@@H]1N=C(N)N. The van der Waals surface area contributed by atoms with Crippen LogP contribution in [0.1, 0.15) is 66.2 Å². The van der Waals surface area contributed by atoms with Gasteiger partial charge in [-0.3, -0.25) is 0 Å². The van der Waals surface area contributed by atoms with Crippen LogP contribution in [-0.2, 0) is 14.3 Å². The number of carboxylic acids is 1. The third-order valence-corrected chi connectivity index (χ3v) is 5.81. The zero-order valence-corrected chi connectivity index (χ0v) is 21.9. The molecule has 0 aromatic carbocycles. The lowest BCUT2D eigenvalue weighted by Gasteiger charge is -2.38. The second kappa shape index (κ2) is 15.5. The molecule has 0 aliphatic carbocycles. The fourth-order valence-corrected chi connectivity index (χ4v) is 3.85. The van der Waals surface area contributed by atoms with Crippen molar-refractivity contribution in [2.45, 2.75) is 96.1 Å². The predicted octanol–water partition coefficient (Wildman–Crippen LogP) is 0.809. The number of carbonyl (C=O) groups is 2. The predicted molar refractivity (Wildman–Crippen MR) is 136 cm³/mol. The largest absolute Gasteiger partial charge is 0.479 e. The fourth-order valence-electron chi connectivity index (χ4n) is 3.85. The topological polar surface area (TPSA) is 202 Å². The van der Waals surface area contributed by atoms with Gasteiger partial charge in [-0.05, 0) is 46.2 Å². The number of ether oxygens (including phenoxy) is 2. The molecule has 9 N–H and O–H groups in total. The van der Waals surface area contributed by atoms with Crippen LogP contribution in [0.2, 0.25) is 0 Å². The molecule has 1 rings (SSSR count). The molecule has 1 heterocycles. The Bertz CT molecular complexity index is 750. The normalized spacial score (nSPS) is 21.5. The third-order valence-electron chi connectivity index (χ3n) is 5.81. The van der Waals surface area contributed by atoms with Crippen molar-refractivity contribution in [3.63, 3.8) is 0 Å². The summed E-state index contributed by atoms with van der Waals surface area (Å²) in [4.78, 5) is 27.9. The molecule has 0 aromatic rings. The van der Waals surface area contributed by atoms with Gasteiger partial charge in [0.05, 0.1) is 12.6 Å². The number of aliphatic imine (C=N–C) groups is 1. The van der Waals surface area contributed by atoms with E-state index >= 15 is 0 Å². The molecule has 0 saturated heterocycles. The van der Waals surface area contributed by atoms with Gasteiger partial charge in [-0.25, -0.2) is 14.6 Å². The van der Waals surface area contributed by atoms with Crippen molar-refractivity contribution in [1.82, 2.24) is 10.6 Å². The monoisotopic (exact) mass is 515 g/mol. The number of guanidine groups is 1. The number of aliphatic hydroxyl groups excluding tert-OH is 2. The Kier molecular flexibility index (Phi) is 13.6. The van der Waals surface area contributed by atoms with Crippen molar-refractivity contribution in [2.24, 2.45) is 22.4 Å². The highest BCUT2D eigenvalue weighted by Gasteiger charge is 2.43. The molecule has 0 aromatic heterocycles. The van der Waals surface area contributed by atoms with Crippen LogP contribution < -0.4 is 22.1 Å². The van der Waals surface area contributed by atoms with Crippen molar-refractivity contribution in [3.05, 3.63) is 11.8 Å². The van der Waals surface area contributed by atoms with Crippen LogP contribution in [0.25, 0.3) is 0 Å². The number of nitrogens with two attached hydrogens (primary N) is 2. The number of rotatable bonds is 15. The maximum atomic E-state index is 12.4. The van der Waals surface area contributed by atoms with Crippen LogP contribution in [0.15, 0.2) is 16.8 Å². The molecule has 5 atom stereocenters. The number of nitrogens with one attached hydrogen (secondary N) is 2. The molecular formula is C24H45N5O7. The highest BCUT2D eigenvalue weighted by atomic mass is 16.6. The fraction of sp³-hybridized carbons (Fsp3) is 0.792. The van der Waals surface area contributed by atoms with Crippen LogP contribution >= 0.6 is 0 Å². The quantitative estimate of drug-likeness (QED) is 0.0929. The first-order chi connectivity index (χ1) is 16.9. The summed E-state index contributed by atoms with van der Waals surface area (Å²) in [6.45, 7) is 8.75. The van der Waals surface area contributed by atoms with Crippen LogP contribution in [0.4, 0.5) is 4.79 Å². The maximum Gasteiger partial charge on any atom is 0.407 e. The second-order valence-electron chi connectivity index (χ2n) is 10.2. The van der Waals surface area contributed by atoms with Gasteiger partial charge in [0.25, 0.3) is 0 Å². The van der Waals surface area contributed by atoms with Crippen molar-refractivity contribution in [3.8, 4) is 0 Å². The number of nitrogens with zero attached hydrogens (tertiary/aromatic N) is 1. The molecule has 1 aliphatic rings. The van der Waals surface area contributed by atoms with E-state index in [-0.39, 0.29) is 11.5 Å². The molecule has 0 fully saturated rings. The average molecular weight is 516 g/mol. The van der Waals surface area contributed by atoms with E-state index in [1.807, 2.05) is 0 Å². The number of amides is 1. The number of unbranched alkanes of at least 4 members (excludes halogenated alkanes) is 5. The molecule has 208 valence electrons. The summed E-state index contributed by atoms with van der Waals surface area (Å²) in [5.74, 6) is -2.64. The van der Waals surface area contributed by atoms with Crippen LogP contribution in [0, 0.1) is 5.92 Å². The molecule has 1 aliphatic heterocycles. The summed E-state index contributed by atoms with van der Waals surface area (Å²) in [5.41, 5.74) is 11.0. The maximum absolute atomic E-state index is 12.4. The van der Waals surface area contributed by atoms with Gasteiger partial charge in [-0.2, -0.15) is 0 Å². The minimum Gasteiger partial charge on any atom is -0.479 e. The highest BCUT2D eigenvalue weighted by molar-refractivity contribution is 5.85. The van der Waals surface area contributed by atoms with Crippen LogP contribution in [0.5, 0.6) is 0 Å². The second-order valence-corrected chi connectivity index (χ2v) is 10.2. The lowest BCUT2D eigenvalue weighted by Crippen LogP contribution is -2.52. The number of hydrogen-bond acceptors (Lipinski definition) is 8. The molecule has 1 amide bonds. The van der Waals surface area contributed by atoms with Gasteiger partial charge < -0.3 is 46.9 Å². The van der Waals surface area contributed by atoms with Crippen LogP contribution in [0.3, 0.4) is 0 Å². The Balaban J connectivity index is 2.55.